The molecule has 0 bridgehead atoms. The first-order valence-corrected chi connectivity index (χ1v) is 7.89. The largest absolute Gasteiger partial charge is 0.496 e. The lowest BCUT2D eigenvalue weighted by Gasteiger charge is -2.21. The highest BCUT2D eigenvalue weighted by atomic mass is 16.5. The van der Waals surface area contributed by atoms with Gasteiger partial charge in [0.15, 0.2) is 0 Å². The predicted octanol–water partition coefficient (Wildman–Crippen LogP) is 2.67. The minimum atomic E-state index is -0.218. The summed E-state index contributed by atoms with van der Waals surface area (Å²) >= 11 is 0. The van der Waals surface area contributed by atoms with Crippen molar-refractivity contribution in [2.24, 2.45) is 0 Å². The first-order chi connectivity index (χ1) is 11.4. The maximum absolute atomic E-state index is 12.2. The van der Waals surface area contributed by atoms with E-state index in [2.05, 4.69) is 20.6 Å². The molecule has 0 aliphatic carbocycles. The third kappa shape index (κ3) is 5.22. The van der Waals surface area contributed by atoms with Gasteiger partial charge in [0, 0.05) is 18.2 Å². The van der Waals surface area contributed by atoms with Crippen molar-refractivity contribution in [1.82, 2.24) is 15.3 Å². The molecule has 24 heavy (non-hydrogen) atoms. The Balaban J connectivity index is 1.94. The maximum Gasteiger partial charge on any atom is 0.270 e. The molecule has 0 aliphatic rings. The highest BCUT2D eigenvalue weighted by Crippen LogP contribution is 2.17. The number of rotatable bonds is 6. The van der Waals surface area contributed by atoms with Crippen LogP contribution in [0.5, 0.6) is 5.75 Å². The van der Waals surface area contributed by atoms with Crippen LogP contribution in [0.2, 0.25) is 0 Å². The number of nitrogens with zero attached hydrogens (tertiary/aromatic N) is 2. The van der Waals surface area contributed by atoms with E-state index in [0.717, 1.165) is 11.3 Å². The lowest BCUT2D eigenvalue weighted by atomic mass is 10.1. The lowest BCUT2D eigenvalue weighted by molar-refractivity contribution is 0.0949. The van der Waals surface area contributed by atoms with E-state index in [1.54, 1.807) is 13.2 Å². The molecule has 2 aromatic rings. The van der Waals surface area contributed by atoms with E-state index < -0.39 is 0 Å². The number of nitrogens with one attached hydrogen (secondary N) is 2. The molecule has 0 radical (unpaired) electrons. The van der Waals surface area contributed by atoms with Crippen LogP contribution >= 0.6 is 0 Å². The molecule has 0 saturated heterocycles. The second kappa shape index (κ2) is 7.77. The van der Waals surface area contributed by atoms with Gasteiger partial charge in [0.2, 0.25) is 0 Å². The van der Waals surface area contributed by atoms with Crippen LogP contribution in [0.25, 0.3) is 0 Å². The van der Waals surface area contributed by atoms with Gasteiger partial charge in [-0.1, -0.05) is 18.2 Å². The van der Waals surface area contributed by atoms with E-state index >= 15 is 0 Å². The van der Waals surface area contributed by atoms with Crippen LogP contribution < -0.4 is 15.4 Å². The zero-order valence-electron chi connectivity index (χ0n) is 14.6. The third-order valence-electron chi connectivity index (χ3n) is 3.28. The SMILES string of the molecule is COc1ccccc1CCNC(=O)c1cc(NC(C)(C)C)ncn1. The first kappa shape index (κ1) is 17.7. The Hall–Kier alpha value is -2.63. The van der Waals surface area contributed by atoms with E-state index in [9.17, 15) is 4.79 Å². The molecule has 0 unspecified atom stereocenters. The number of ether oxygens (including phenoxy) is 1. The number of carbonyl (C=O) groups is 1. The van der Waals surface area contributed by atoms with Gasteiger partial charge in [0.25, 0.3) is 5.91 Å². The number of methoxy groups -OCH3 is 1. The zero-order valence-corrected chi connectivity index (χ0v) is 14.6. The number of benzene rings is 1. The van der Waals surface area contributed by atoms with Gasteiger partial charge in [0.05, 0.1) is 7.11 Å². The quantitative estimate of drug-likeness (QED) is 0.852. The van der Waals surface area contributed by atoms with Crippen molar-refractivity contribution in [2.45, 2.75) is 32.7 Å². The van der Waals surface area contributed by atoms with Gasteiger partial charge < -0.3 is 15.4 Å². The van der Waals surface area contributed by atoms with Gasteiger partial charge in [-0.3, -0.25) is 4.79 Å². The summed E-state index contributed by atoms with van der Waals surface area (Å²) in [5, 5.41) is 6.10. The van der Waals surface area contributed by atoms with Crippen molar-refractivity contribution in [3.05, 3.63) is 47.9 Å². The molecule has 0 fully saturated rings. The molecule has 0 atom stereocenters. The summed E-state index contributed by atoms with van der Waals surface area (Å²) in [6.07, 6.45) is 2.08. The molecule has 128 valence electrons. The number of carbonyl (C=O) groups excluding carboxylic acids is 1. The van der Waals surface area contributed by atoms with E-state index in [1.807, 2.05) is 45.0 Å². The topological polar surface area (TPSA) is 76.1 Å². The van der Waals surface area contributed by atoms with Crippen LogP contribution in [-0.2, 0) is 6.42 Å². The van der Waals surface area contributed by atoms with Crippen molar-refractivity contribution in [3.63, 3.8) is 0 Å². The highest BCUT2D eigenvalue weighted by molar-refractivity contribution is 5.92. The molecular formula is C18H24N4O2. The van der Waals surface area contributed by atoms with Gasteiger partial charge in [-0.25, -0.2) is 9.97 Å². The summed E-state index contributed by atoms with van der Waals surface area (Å²) in [4.78, 5) is 20.4. The molecule has 1 heterocycles. The van der Waals surface area contributed by atoms with Crippen LogP contribution in [0.3, 0.4) is 0 Å². The van der Waals surface area contributed by atoms with Crippen LogP contribution in [0, 0.1) is 0 Å². The van der Waals surface area contributed by atoms with E-state index in [-0.39, 0.29) is 11.4 Å². The number of anilines is 1. The molecule has 6 nitrogen and oxygen atoms in total. The second-order valence-electron chi connectivity index (χ2n) is 6.48. The number of hydrogen-bond acceptors (Lipinski definition) is 5. The summed E-state index contributed by atoms with van der Waals surface area (Å²) in [5.74, 6) is 1.24. The van der Waals surface area contributed by atoms with Crippen LogP contribution in [-0.4, -0.2) is 35.1 Å². The molecule has 1 aromatic carbocycles. The summed E-state index contributed by atoms with van der Waals surface area (Å²) in [7, 11) is 1.64. The molecule has 6 heteroatoms. The van der Waals surface area contributed by atoms with Crippen molar-refractivity contribution in [1.29, 1.82) is 0 Å². The molecule has 1 amide bonds. The monoisotopic (exact) mass is 328 g/mol. The summed E-state index contributed by atoms with van der Waals surface area (Å²) in [5.41, 5.74) is 1.27. The zero-order chi connectivity index (χ0) is 17.6. The summed E-state index contributed by atoms with van der Waals surface area (Å²) in [6, 6.07) is 9.43. The van der Waals surface area contributed by atoms with Crippen molar-refractivity contribution < 1.29 is 9.53 Å². The van der Waals surface area contributed by atoms with Crippen molar-refractivity contribution in [3.8, 4) is 5.75 Å². The summed E-state index contributed by atoms with van der Waals surface area (Å²) < 4.78 is 5.31. The number of para-hydroxylation sites is 1. The standard InChI is InChI=1S/C18H24N4O2/c1-18(2,3)22-16-11-14(20-12-21-16)17(23)19-10-9-13-7-5-6-8-15(13)24-4/h5-8,11-12H,9-10H2,1-4H3,(H,19,23)(H,20,21,22). The Bertz CT molecular complexity index is 695. The van der Waals surface area contributed by atoms with Crippen LogP contribution in [0.1, 0.15) is 36.8 Å². The molecule has 0 saturated carbocycles. The van der Waals surface area contributed by atoms with Gasteiger partial charge in [-0.05, 0) is 38.8 Å². The predicted molar refractivity (Wildman–Crippen MR) is 94.4 cm³/mol. The Morgan fingerprint density at radius 3 is 2.67 bits per heavy atom. The Morgan fingerprint density at radius 1 is 1.21 bits per heavy atom. The molecule has 2 N–H and O–H groups in total. The van der Waals surface area contributed by atoms with Gasteiger partial charge >= 0.3 is 0 Å². The second-order valence-corrected chi connectivity index (χ2v) is 6.48. The van der Waals surface area contributed by atoms with Crippen molar-refractivity contribution >= 4 is 11.7 Å². The first-order valence-electron chi connectivity index (χ1n) is 7.89. The van der Waals surface area contributed by atoms with Crippen LogP contribution in [0.15, 0.2) is 36.7 Å². The Kier molecular flexibility index (Phi) is 5.73. The molecule has 0 spiro atoms. The number of hydrogen-bond donors (Lipinski definition) is 2. The molecule has 0 aliphatic heterocycles. The summed E-state index contributed by atoms with van der Waals surface area (Å²) in [6.45, 7) is 6.59. The lowest BCUT2D eigenvalue weighted by Crippen LogP contribution is -2.29. The molecular weight excluding hydrogens is 304 g/mol. The Labute approximate surface area is 142 Å². The van der Waals surface area contributed by atoms with E-state index in [1.165, 1.54) is 6.33 Å². The van der Waals surface area contributed by atoms with Gasteiger partial charge in [-0.15, -0.1) is 0 Å². The number of amides is 1. The minimum Gasteiger partial charge on any atom is -0.496 e. The third-order valence-corrected chi connectivity index (χ3v) is 3.28. The minimum absolute atomic E-state index is 0.133. The van der Waals surface area contributed by atoms with E-state index in [4.69, 9.17) is 4.74 Å². The van der Waals surface area contributed by atoms with Crippen molar-refractivity contribution in [2.75, 3.05) is 19.0 Å². The van der Waals surface area contributed by atoms with Crippen LogP contribution in [0.4, 0.5) is 5.82 Å². The fraction of sp³-hybridized carbons (Fsp3) is 0.389. The smallest absolute Gasteiger partial charge is 0.270 e. The maximum atomic E-state index is 12.2. The fourth-order valence-electron chi connectivity index (χ4n) is 2.24. The number of aromatic nitrogens is 2. The van der Waals surface area contributed by atoms with Gasteiger partial charge in [0.1, 0.15) is 23.6 Å². The fourth-order valence-corrected chi connectivity index (χ4v) is 2.24. The Morgan fingerprint density at radius 2 is 1.96 bits per heavy atom. The molecule has 1 aromatic heterocycles. The molecule has 2 rings (SSSR count). The highest BCUT2D eigenvalue weighted by Gasteiger charge is 2.13. The van der Waals surface area contributed by atoms with Gasteiger partial charge in [-0.2, -0.15) is 0 Å². The average molecular weight is 328 g/mol. The average Bonchev–Trinajstić information content (AvgIpc) is 2.54. The van der Waals surface area contributed by atoms with E-state index in [0.29, 0.717) is 24.5 Å². The normalized spacial score (nSPS) is 11.0.